The van der Waals surface area contributed by atoms with Gasteiger partial charge < -0.3 is 0 Å². The normalized spacial score (nSPS) is 11.9. The van der Waals surface area contributed by atoms with Crippen LogP contribution in [0.5, 0.6) is 0 Å². The van der Waals surface area contributed by atoms with Crippen molar-refractivity contribution in [2.24, 2.45) is 0 Å². The number of rotatable bonds is 1. The average molecular weight is 310 g/mol. The molecule has 0 bridgehead atoms. The van der Waals surface area contributed by atoms with E-state index in [1.807, 2.05) is 18.2 Å². The first kappa shape index (κ1) is 15.1. The van der Waals surface area contributed by atoms with Gasteiger partial charge in [0.15, 0.2) is 0 Å². The van der Waals surface area contributed by atoms with E-state index in [-0.39, 0.29) is 5.41 Å². The third-order valence-corrected chi connectivity index (χ3v) is 4.23. The zero-order chi connectivity index (χ0) is 15.9. The van der Waals surface area contributed by atoms with E-state index in [2.05, 4.69) is 58.0 Å². The molecule has 1 aromatic heterocycles. The summed E-state index contributed by atoms with van der Waals surface area (Å²) in [7, 11) is 0. The maximum atomic E-state index is 6.06. The second-order valence-corrected chi connectivity index (χ2v) is 7.25. The lowest BCUT2D eigenvalue weighted by molar-refractivity contribution is 0.590. The smallest absolute Gasteiger partial charge is 0.0738 e. The van der Waals surface area contributed by atoms with Crippen molar-refractivity contribution in [2.75, 3.05) is 0 Å². The summed E-state index contributed by atoms with van der Waals surface area (Å²) in [6, 6.07) is 16.7. The topological polar surface area (TPSA) is 12.9 Å². The van der Waals surface area contributed by atoms with Gasteiger partial charge in [0.25, 0.3) is 0 Å². The highest BCUT2D eigenvalue weighted by Crippen LogP contribution is 2.29. The third-order valence-electron chi connectivity index (χ3n) is 3.99. The van der Waals surface area contributed by atoms with Crippen LogP contribution in [0.4, 0.5) is 0 Å². The Morgan fingerprint density at radius 1 is 0.909 bits per heavy atom. The van der Waals surface area contributed by atoms with E-state index in [1.165, 1.54) is 11.1 Å². The molecule has 0 aliphatic carbocycles. The second kappa shape index (κ2) is 5.40. The van der Waals surface area contributed by atoms with Crippen LogP contribution in [0.3, 0.4) is 0 Å². The first-order chi connectivity index (χ1) is 10.3. The number of hydrogen-bond acceptors (Lipinski definition) is 1. The number of fused-ring (bicyclic) bond motifs is 1. The van der Waals surface area contributed by atoms with Gasteiger partial charge in [0.05, 0.1) is 11.2 Å². The molecular formula is C20H20ClN. The average Bonchev–Trinajstić information content (AvgIpc) is 2.45. The van der Waals surface area contributed by atoms with E-state index >= 15 is 0 Å². The molecule has 2 heteroatoms. The molecule has 1 nitrogen and oxygen atoms in total. The van der Waals surface area contributed by atoms with E-state index in [1.54, 1.807) is 0 Å². The molecule has 0 spiro atoms. The molecule has 3 rings (SSSR count). The van der Waals surface area contributed by atoms with Gasteiger partial charge in [-0.15, -0.1) is 0 Å². The molecule has 0 N–H and O–H groups in total. The Kier molecular flexibility index (Phi) is 3.70. The van der Waals surface area contributed by atoms with Crippen LogP contribution in [0.25, 0.3) is 22.2 Å². The molecular weight excluding hydrogens is 290 g/mol. The summed E-state index contributed by atoms with van der Waals surface area (Å²) in [4.78, 5) is 4.82. The molecule has 0 aliphatic rings. The van der Waals surface area contributed by atoms with E-state index < -0.39 is 0 Å². The monoisotopic (exact) mass is 309 g/mol. The van der Waals surface area contributed by atoms with Gasteiger partial charge in [-0.3, -0.25) is 0 Å². The fourth-order valence-corrected chi connectivity index (χ4v) is 2.85. The standard InChI is InChI=1S/C20H20ClN/c1-13-11-15-12-17(21)9-10-18(15)22-19(13)14-5-7-16(8-6-14)20(2,3)4/h5-12H,1-4H3. The predicted octanol–water partition coefficient (Wildman–Crippen LogP) is 6.16. The van der Waals surface area contributed by atoms with Gasteiger partial charge in [-0.1, -0.05) is 56.6 Å². The number of aromatic nitrogens is 1. The van der Waals surface area contributed by atoms with Crippen LogP contribution in [0.2, 0.25) is 5.02 Å². The van der Waals surface area contributed by atoms with Crippen molar-refractivity contribution in [3.05, 3.63) is 64.7 Å². The number of aryl methyl sites for hydroxylation is 1. The van der Waals surface area contributed by atoms with Crippen molar-refractivity contribution in [1.82, 2.24) is 4.98 Å². The Balaban J connectivity index is 2.09. The predicted molar refractivity (Wildman–Crippen MR) is 95.6 cm³/mol. The summed E-state index contributed by atoms with van der Waals surface area (Å²) in [6.45, 7) is 8.78. The largest absolute Gasteiger partial charge is 0.248 e. The minimum absolute atomic E-state index is 0.168. The minimum Gasteiger partial charge on any atom is -0.248 e. The summed E-state index contributed by atoms with van der Waals surface area (Å²) in [5, 5.41) is 1.83. The maximum Gasteiger partial charge on any atom is 0.0738 e. The van der Waals surface area contributed by atoms with Crippen LogP contribution >= 0.6 is 11.6 Å². The molecule has 1 heterocycles. The molecule has 0 atom stereocenters. The van der Waals surface area contributed by atoms with Crippen LogP contribution in [0, 0.1) is 6.92 Å². The van der Waals surface area contributed by atoms with Crippen molar-refractivity contribution in [3.8, 4) is 11.3 Å². The molecule has 0 aliphatic heterocycles. The Bertz CT molecular complexity index is 827. The van der Waals surface area contributed by atoms with Gasteiger partial charge >= 0.3 is 0 Å². The third kappa shape index (κ3) is 2.86. The number of hydrogen-bond donors (Lipinski definition) is 0. The fraction of sp³-hybridized carbons (Fsp3) is 0.250. The van der Waals surface area contributed by atoms with Crippen LogP contribution in [-0.2, 0) is 5.41 Å². The Hall–Kier alpha value is -1.86. The van der Waals surface area contributed by atoms with Crippen molar-refractivity contribution < 1.29 is 0 Å². The van der Waals surface area contributed by atoms with Crippen molar-refractivity contribution in [2.45, 2.75) is 33.1 Å². The summed E-state index contributed by atoms with van der Waals surface area (Å²) >= 11 is 6.06. The molecule has 0 saturated heterocycles. The molecule has 0 amide bonds. The number of halogens is 1. The van der Waals surface area contributed by atoms with Gasteiger partial charge in [0, 0.05) is 16.0 Å². The first-order valence-corrected chi connectivity index (χ1v) is 7.90. The first-order valence-electron chi connectivity index (χ1n) is 7.52. The highest BCUT2D eigenvalue weighted by molar-refractivity contribution is 6.31. The molecule has 112 valence electrons. The lowest BCUT2D eigenvalue weighted by Crippen LogP contribution is -2.10. The molecule has 0 unspecified atom stereocenters. The molecule has 2 aromatic carbocycles. The van der Waals surface area contributed by atoms with Crippen LogP contribution in [0.1, 0.15) is 31.9 Å². The number of nitrogens with zero attached hydrogens (tertiary/aromatic N) is 1. The van der Waals surface area contributed by atoms with Crippen molar-refractivity contribution in [3.63, 3.8) is 0 Å². The zero-order valence-electron chi connectivity index (χ0n) is 13.4. The lowest BCUT2D eigenvalue weighted by atomic mass is 9.86. The zero-order valence-corrected chi connectivity index (χ0v) is 14.2. The van der Waals surface area contributed by atoms with Gasteiger partial charge in [-0.2, -0.15) is 0 Å². The molecule has 0 radical (unpaired) electrons. The molecule has 22 heavy (non-hydrogen) atoms. The van der Waals surface area contributed by atoms with Crippen molar-refractivity contribution >= 4 is 22.5 Å². The summed E-state index contributed by atoms with van der Waals surface area (Å²) < 4.78 is 0. The van der Waals surface area contributed by atoms with Crippen LogP contribution in [-0.4, -0.2) is 4.98 Å². The fourth-order valence-electron chi connectivity index (χ4n) is 2.67. The Morgan fingerprint density at radius 2 is 1.59 bits per heavy atom. The van der Waals surface area contributed by atoms with Crippen LogP contribution < -0.4 is 0 Å². The second-order valence-electron chi connectivity index (χ2n) is 6.82. The SMILES string of the molecule is Cc1cc2cc(Cl)ccc2nc1-c1ccc(C(C)(C)C)cc1. The van der Waals surface area contributed by atoms with Crippen LogP contribution in [0.15, 0.2) is 48.5 Å². The maximum absolute atomic E-state index is 6.06. The van der Waals surface area contributed by atoms with Crippen molar-refractivity contribution in [1.29, 1.82) is 0 Å². The van der Waals surface area contributed by atoms with Gasteiger partial charge in [0.1, 0.15) is 0 Å². The van der Waals surface area contributed by atoms with E-state index in [9.17, 15) is 0 Å². The molecule has 3 aromatic rings. The Labute approximate surface area is 137 Å². The summed E-state index contributed by atoms with van der Waals surface area (Å²) in [6.07, 6.45) is 0. The van der Waals surface area contributed by atoms with Gasteiger partial charge in [0.2, 0.25) is 0 Å². The van der Waals surface area contributed by atoms with E-state index in [4.69, 9.17) is 16.6 Å². The quantitative estimate of drug-likeness (QED) is 0.524. The van der Waals surface area contributed by atoms with Gasteiger partial charge in [-0.05, 0) is 47.7 Å². The van der Waals surface area contributed by atoms with E-state index in [0.717, 1.165) is 27.2 Å². The number of pyridine rings is 1. The number of benzene rings is 2. The highest BCUT2D eigenvalue weighted by atomic mass is 35.5. The van der Waals surface area contributed by atoms with Gasteiger partial charge in [-0.25, -0.2) is 4.98 Å². The Morgan fingerprint density at radius 3 is 2.23 bits per heavy atom. The molecule has 0 saturated carbocycles. The highest BCUT2D eigenvalue weighted by Gasteiger charge is 2.14. The summed E-state index contributed by atoms with van der Waals surface area (Å²) in [5.74, 6) is 0. The lowest BCUT2D eigenvalue weighted by Gasteiger charge is -2.19. The molecule has 0 fully saturated rings. The van der Waals surface area contributed by atoms with E-state index in [0.29, 0.717) is 0 Å². The summed E-state index contributed by atoms with van der Waals surface area (Å²) in [5.41, 5.74) is 5.84. The minimum atomic E-state index is 0.168.